The number of halogens is 2. The molecule has 2 amide bonds. The van der Waals surface area contributed by atoms with Crippen LogP contribution in [-0.2, 0) is 16.1 Å². The van der Waals surface area contributed by atoms with Gasteiger partial charge in [0.2, 0.25) is 0 Å². The Morgan fingerprint density at radius 3 is 2.56 bits per heavy atom. The molecule has 5 aromatic rings. The first kappa shape index (κ1) is 32.3. The van der Waals surface area contributed by atoms with E-state index >= 15 is 0 Å². The Hall–Kier alpha value is -5.65. The molecule has 1 aliphatic heterocycles. The summed E-state index contributed by atoms with van der Waals surface area (Å²) in [4.78, 5) is 28.0. The maximum atomic E-state index is 13.7. The van der Waals surface area contributed by atoms with E-state index in [0.29, 0.717) is 49.4 Å². The Balaban J connectivity index is 1.20. The molecule has 0 atom stereocenters. The van der Waals surface area contributed by atoms with Gasteiger partial charge in [-0.2, -0.15) is 5.10 Å². The topological polar surface area (TPSA) is 106 Å². The van der Waals surface area contributed by atoms with Crippen molar-refractivity contribution in [2.75, 3.05) is 11.9 Å². The molecule has 0 unspecified atom stereocenters. The summed E-state index contributed by atoms with van der Waals surface area (Å²) in [6.45, 7) is -0.201. The van der Waals surface area contributed by atoms with Crippen LogP contribution in [0, 0.1) is 5.82 Å². The van der Waals surface area contributed by atoms with Gasteiger partial charge in [-0.15, -0.1) is 5.10 Å². The van der Waals surface area contributed by atoms with E-state index in [-0.39, 0.29) is 19.1 Å². The number of benzene rings is 4. The standard InChI is InChI=1S/C36H26ClFN4O5S/c37-26-11-16-32(46-23-34(43)40-28-14-12-27(38)13-15-28)25(19-26)20-33-35(44)42(22-31-10-5-17-45-31)36(48-33)41-39-21-24-6-4-9-30(18-24)47-29-7-2-1-3-8-29/h1-21H,22-23H2,(H,40,43)/b33-20-,39-21+,41-36-. The maximum absolute atomic E-state index is 13.7. The lowest BCUT2D eigenvalue weighted by Gasteiger charge is -2.13. The average Bonchev–Trinajstić information content (AvgIpc) is 3.70. The minimum absolute atomic E-state index is 0.132. The van der Waals surface area contributed by atoms with Gasteiger partial charge in [0, 0.05) is 16.3 Å². The van der Waals surface area contributed by atoms with Gasteiger partial charge in [-0.25, -0.2) is 4.39 Å². The van der Waals surface area contributed by atoms with Crippen LogP contribution in [0.5, 0.6) is 17.2 Å². The van der Waals surface area contributed by atoms with Crippen molar-refractivity contribution in [3.8, 4) is 17.2 Å². The number of carbonyl (C=O) groups excluding carboxylic acids is 2. The van der Waals surface area contributed by atoms with E-state index in [0.717, 1.165) is 17.3 Å². The van der Waals surface area contributed by atoms with Gasteiger partial charge in [-0.1, -0.05) is 41.9 Å². The fraction of sp³-hybridized carbons (Fsp3) is 0.0556. The Bertz CT molecular complexity index is 2000. The van der Waals surface area contributed by atoms with Crippen molar-refractivity contribution in [3.63, 3.8) is 0 Å². The zero-order chi connectivity index (χ0) is 33.3. The van der Waals surface area contributed by atoms with Crippen LogP contribution in [-0.4, -0.2) is 34.7 Å². The first-order chi connectivity index (χ1) is 23.4. The smallest absolute Gasteiger partial charge is 0.267 e. The summed E-state index contributed by atoms with van der Waals surface area (Å²) in [7, 11) is 0. The van der Waals surface area contributed by atoms with Crippen LogP contribution >= 0.6 is 23.4 Å². The number of carbonyl (C=O) groups is 2. The summed E-state index contributed by atoms with van der Waals surface area (Å²) in [6.07, 6.45) is 4.72. The largest absolute Gasteiger partial charge is 0.483 e. The SMILES string of the molecule is O=C(COc1ccc(Cl)cc1/C=C1\S/C(=N\N=C\c2cccc(Oc3ccccc3)c2)N(Cc2ccco2)C1=O)Nc1ccc(F)cc1. The van der Waals surface area contributed by atoms with Crippen LogP contribution in [0.25, 0.3) is 6.08 Å². The highest BCUT2D eigenvalue weighted by atomic mass is 35.5. The predicted molar refractivity (Wildman–Crippen MR) is 185 cm³/mol. The van der Waals surface area contributed by atoms with Crippen molar-refractivity contribution in [1.82, 2.24) is 4.90 Å². The number of amides is 2. The van der Waals surface area contributed by atoms with Crippen molar-refractivity contribution < 1.29 is 27.9 Å². The third-order valence-electron chi connectivity index (χ3n) is 6.71. The summed E-state index contributed by atoms with van der Waals surface area (Å²) in [5.41, 5.74) is 1.65. The Morgan fingerprint density at radius 1 is 0.958 bits per heavy atom. The molecule has 12 heteroatoms. The third kappa shape index (κ3) is 8.58. The van der Waals surface area contributed by atoms with Crippen molar-refractivity contribution in [1.29, 1.82) is 0 Å². The van der Waals surface area contributed by atoms with E-state index < -0.39 is 11.7 Å². The Labute approximate surface area is 284 Å². The summed E-state index contributed by atoms with van der Waals surface area (Å²) in [5.74, 6) is 1.05. The maximum Gasteiger partial charge on any atom is 0.267 e. The highest BCUT2D eigenvalue weighted by Gasteiger charge is 2.34. The number of para-hydroxylation sites is 1. The van der Waals surface area contributed by atoms with E-state index in [1.165, 1.54) is 35.4 Å². The number of nitrogens with one attached hydrogen (secondary N) is 1. The van der Waals surface area contributed by atoms with Crippen LogP contribution in [0.1, 0.15) is 16.9 Å². The number of nitrogens with zero attached hydrogens (tertiary/aromatic N) is 3. The lowest BCUT2D eigenvalue weighted by Crippen LogP contribution is -2.28. The highest BCUT2D eigenvalue weighted by molar-refractivity contribution is 8.18. The molecule has 2 heterocycles. The summed E-state index contributed by atoms with van der Waals surface area (Å²) in [5, 5.41) is 12.0. The molecule has 1 aliphatic rings. The average molecular weight is 681 g/mol. The molecule has 1 saturated heterocycles. The van der Waals surface area contributed by atoms with Gasteiger partial charge in [0.25, 0.3) is 11.8 Å². The zero-order valence-electron chi connectivity index (χ0n) is 25.1. The molecule has 1 fully saturated rings. The van der Waals surface area contributed by atoms with E-state index in [1.54, 1.807) is 42.6 Å². The minimum Gasteiger partial charge on any atom is -0.483 e. The summed E-state index contributed by atoms with van der Waals surface area (Å²) >= 11 is 7.42. The molecule has 0 saturated carbocycles. The van der Waals surface area contributed by atoms with Gasteiger partial charge >= 0.3 is 0 Å². The number of rotatable bonds is 11. The first-order valence-electron chi connectivity index (χ1n) is 14.6. The number of anilines is 1. The van der Waals surface area contributed by atoms with Gasteiger partial charge in [0.05, 0.1) is 23.9 Å². The first-order valence-corrected chi connectivity index (χ1v) is 15.7. The van der Waals surface area contributed by atoms with Gasteiger partial charge in [-0.3, -0.25) is 14.5 Å². The molecule has 48 heavy (non-hydrogen) atoms. The molecular weight excluding hydrogens is 655 g/mol. The number of ether oxygens (including phenoxy) is 2. The van der Waals surface area contributed by atoms with Crippen LogP contribution in [0.4, 0.5) is 10.1 Å². The van der Waals surface area contributed by atoms with Crippen LogP contribution in [0.2, 0.25) is 5.02 Å². The van der Waals surface area contributed by atoms with Gasteiger partial charge in [0.15, 0.2) is 11.8 Å². The monoisotopic (exact) mass is 680 g/mol. The van der Waals surface area contributed by atoms with Crippen molar-refractivity contribution in [3.05, 3.63) is 148 Å². The lowest BCUT2D eigenvalue weighted by atomic mass is 10.2. The number of hydrogen-bond donors (Lipinski definition) is 1. The Kier molecular flexibility index (Phi) is 10.3. The van der Waals surface area contributed by atoms with Crippen molar-refractivity contribution in [2.45, 2.75) is 6.54 Å². The molecule has 1 aromatic heterocycles. The number of furan rings is 1. The van der Waals surface area contributed by atoms with Crippen LogP contribution in [0.3, 0.4) is 0 Å². The third-order valence-corrected chi connectivity index (χ3v) is 7.95. The summed E-state index contributed by atoms with van der Waals surface area (Å²) < 4.78 is 30.4. The number of hydrogen-bond acceptors (Lipinski definition) is 8. The van der Waals surface area contributed by atoms with E-state index in [1.807, 2.05) is 54.6 Å². The molecule has 9 nitrogen and oxygen atoms in total. The molecular formula is C36H26ClFN4O5S. The second kappa shape index (κ2) is 15.3. The van der Waals surface area contributed by atoms with Crippen LogP contribution < -0.4 is 14.8 Å². The molecule has 6 rings (SSSR count). The second-order valence-electron chi connectivity index (χ2n) is 10.2. The molecule has 0 aliphatic carbocycles. The van der Waals surface area contributed by atoms with Crippen LogP contribution in [0.15, 0.2) is 135 Å². The summed E-state index contributed by atoms with van der Waals surface area (Å²) in [6, 6.07) is 30.6. The molecule has 240 valence electrons. The van der Waals surface area contributed by atoms with E-state index in [2.05, 4.69) is 15.5 Å². The van der Waals surface area contributed by atoms with Gasteiger partial charge < -0.3 is 19.2 Å². The normalized spacial score (nSPS) is 14.6. The fourth-order valence-corrected chi connectivity index (χ4v) is 5.59. The van der Waals surface area contributed by atoms with Crippen molar-refractivity contribution >= 4 is 58.3 Å². The molecule has 1 N–H and O–H groups in total. The fourth-order valence-electron chi connectivity index (χ4n) is 4.49. The van der Waals surface area contributed by atoms with Crippen molar-refractivity contribution in [2.24, 2.45) is 10.2 Å². The minimum atomic E-state index is -0.449. The molecule has 0 radical (unpaired) electrons. The molecule has 0 spiro atoms. The number of amidine groups is 1. The number of thioether (sulfide) groups is 1. The van der Waals surface area contributed by atoms with E-state index in [9.17, 15) is 14.0 Å². The Morgan fingerprint density at radius 2 is 1.77 bits per heavy atom. The highest BCUT2D eigenvalue weighted by Crippen LogP contribution is 2.36. The molecule has 0 bridgehead atoms. The lowest BCUT2D eigenvalue weighted by molar-refractivity contribution is -0.122. The van der Waals surface area contributed by atoms with E-state index in [4.69, 9.17) is 25.5 Å². The van der Waals surface area contributed by atoms with Gasteiger partial charge in [-0.05, 0) is 102 Å². The van der Waals surface area contributed by atoms with Gasteiger partial charge in [0.1, 0.15) is 28.8 Å². The quantitative estimate of drug-likeness (QED) is 0.0854. The zero-order valence-corrected chi connectivity index (χ0v) is 26.7. The second-order valence-corrected chi connectivity index (χ2v) is 11.7. The predicted octanol–water partition coefficient (Wildman–Crippen LogP) is 8.39. The molecule has 4 aromatic carbocycles.